The van der Waals surface area contributed by atoms with Crippen molar-refractivity contribution in [2.45, 2.75) is 6.92 Å². The van der Waals surface area contributed by atoms with E-state index in [9.17, 15) is 15.0 Å². The molecule has 0 aliphatic rings. The molecule has 2 rings (SSSR count). The van der Waals surface area contributed by atoms with Crippen molar-refractivity contribution in [3.05, 3.63) is 48.0 Å². The Hall–Kier alpha value is -2.69. The molecular weight excluding hydrogens is 256 g/mol. The van der Waals surface area contributed by atoms with Crippen molar-refractivity contribution in [3.63, 3.8) is 0 Å². The summed E-state index contributed by atoms with van der Waals surface area (Å²) >= 11 is 0. The summed E-state index contributed by atoms with van der Waals surface area (Å²) in [6, 6.07) is 11.0. The van der Waals surface area contributed by atoms with Crippen LogP contribution in [0.5, 0.6) is 11.5 Å². The van der Waals surface area contributed by atoms with Crippen LogP contribution in [0.25, 0.3) is 0 Å². The molecule has 0 radical (unpaired) electrons. The second kappa shape index (κ2) is 5.52. The molecule has 0 fully saturated rings. The van der Waals surface area contributed by atoms with Crippen molar-refractivity contribution in [1.29, 1.82) is 0 Å². The van der Waals surface area contributed by atoms with E-state index in [2.05, 4.69) is 0 Å². The fraction of sp³-hybridized carbons (Fsp3) is 0.133. The number of anilines is 2. The molecule has 0 aliphatic heterocycles. The highest BCUT2D eigenvalue weighted by molar-refractivity contribution is 6.06. The molecule has 1 amide bonds. The largest absolute Gasteiger partial charge is 0.504 e. The average molecular weight is 272 g/mol. The molecule has 5 nitrogen and oxygen atoms in total. The third-order valence-corrected chi connectivity index (χ3v) is 2.97. The monoisotopic (exact) mass is 272 g/mol. The maximum atomic E-state index is 12.4. The van der Waals surface area contributed by atoms with Crippen LogP contribution >= 0.6 is 0 Å². The number of nitrogens with zero attached hydrogens (tertiary/aromatic N) is 1. The first-order chi connectivity index (χ1) is 9.52. The number of hydrogen-bond acceptors (Lipinski definition) is 4. The Labute approximate surface area is 116 Å². The summed E-state index contributed by atoms with van der Waals surface area (Å²) in [5.41, 5.74) is 7.28. The second-order valence-corrected chi connectivity index (χ2v) is 4.35. The summed E-state index contributed by atoms with van der Waals surface area (Å²) in [5.74, 6) is -0.846. The average Bonchev–Trinajstić information content (AvgIpc) is 2.42. The lowest BCUT2D eigenvalue weighted by Crippen LogP contribution is -2.30. The number of nitrogens with two attached hydrogens (primary N) is 1. The minimum Gasteiger partial charge on any atom is -0.504 e. The zero-order chi connectivity index (χ0) is 14.7. The number of amides is 1. The molecule has 2 aromatic rings. The van der Waals surface area contributed by atoms with Gasteiger partial charge in [-0.25, -0.2) is 0 Å². The van der Waals surface area contributed by atoms with E-state index in [4.69, 9.17) is 5.73 Å². The third-order valence-electron chi connectivity index (χ3n) is 2.97. The number of nitrogen functional groups attached to an aromatic ring is 1. The summed E-state index contributed by atoms with van der Waals surface area (Å²) in [6.45, 7) is 2.31. The molecule has 0 bridgehead atoms. The van der Waals surface area contributed by atoms with Gasteiger partial charge in [-0.3, -0.25) is 4.79 Å². The summed E-state index contributed by atoms with van der Waals surface area (Å²) in [4.78, 5) is 14.0. The molecule has 20 heavy (non-hydrogen) atoms. The SMILES string of the molecule is CCN(C(=O)c1ccc(O)c(O)c1)c1cccc(N)c1. The minimum atomic E-state index is -0.320. The van der Waals surface area contributed by atoms with Gasteiger partial charge in [0.15, 0.2) is 11.5 Å². The van der Waals surface area contributed by atoms with Crippen LogP contribution in [0.3, 0.4) is 0 Å². The molecule has 0 aromatic heterocycles. The molecular formula is C15H16N2O3. The minimum absolute atomic E-state index is 0.256. The number of hydrogen-bond donors (Lipinski definition) is 3. The first kappa shape index (κ1) is 13.7. The lowest BCUT2D eigenvalue weighted by Gasteiger charge is -2.21. The van der Waals surface area contributed by atoms with Crippen molar-refractivity contribution < 1.29 is 15.0 Å². The van der Waals surface area contributed by atoms with Crippen molar-refractivity contribution in [2.24, 2.45) is 0 Å². The van der Waals surface area contributed by atoms with E-state index in [1.165, 1.54) is 18.2 Å². The number of rotatable bonds is 3. The maximum absolute atomic E-state index is 12.4. The Balaban J connectivity index is 2.36. The third kappa shape index (κ3) is 2.66. The zero-order valence-corrected chi connectivity index (χ0v) is 11.1. The number of carbonyl (C=O) groups excluding carboxylic acids is 1. The van der Waals surface area contributed by atoms with Gasteiger partial charge in [0.1, 0.15) is 0 Å². The Morgan fingerprint density at radius 1 is 1.15 bits per heavy atom. The van der Waals surface area contributed by atoms with E-state index >= 15 is 0 Å². The normalized spacial score (nSPS) is 10.2. The van der Waals surface area contributed by atoms with Gasteiger partial charge in [-0.15, -0.1) is 0 Å². The van der Waals surface area contributed by atoms with Gasteiger partial charge in [0.25, 0.3) is 5.91 Å². The topological polar surface area (TPSA) is 86.8 Å². The second-order valence-electron chi connectivity index (χ2n) is 4.35. The van der Waals surface area contributed by atoms with Crippen LogP contribution in [-0.2, 0) is 0 Å². The maximum Gasteiger partial charge on any atom is 0.258 e. The molecule has 0 atom stereocenters. The number of benzene rings is 2. The Bertz CT molecular complexity index is 641. The molecule has 4 N–H and O–H groups in total. The lowest BCUT2D eigenvalue weighted by atomic mass is 10.1. The number of phenolic OH excluding ortho intramolecular Hbond substituents is 2. The predicted molar refractivity (Wildman–Crippen MR) is 78.0 cm³/mol. The van der Waals surface area contributed by atoms with Crippen LogP contribution in [0.15, 0.2) is 42.5 Å². The summed E-state index contributed by atoms with van der Waals surface area (Å²) in [6.07, 6.45) is 0. The van der Waals surface area contributed by atoms with Crippen molar-refractivity contribution in [2.75, 3.05) is 17.2 Å². The number of phenols is 2. The van der Waals surface area contributed by atoms with Gasteiger partial charge in [-0.2, -0.15) is 0 Å². The molecule has 0 unspecified atom stereocenters. The van der Waals surface area contributed by atoms with Crippen LogP contribution in [0.1, 0.15) is 17.3 Å². The summed E-state index contributed by atoms with van der Waals surface area (Å²) in [7, 11) is 0. The van der Waals surface area contributed by atoms with Gasteiger partial charge in [-0.1, -0.05) is 6.07 Å². The molecule has 0 aliphatic carbocycles. The molecule has 0 spiro atoms. The fourth-order valence-corrected chi connectivity index (χ4v) is 1.95. The molecule has 5 heteroatoms. The van der Waals surface area contributed by atoms with Crippen molar-refractivity contribution in [1.82, 2.24) is 0 Å². The van der Waals surface area contributed by atoms with E-state index in [1.807, 2.05) is 6.92 Å². The molecule has 0 heterocycles. The molecule has 0 saturated carbocycles. The van der Waals surface area contributed by atoms with Gasteiger partial charge >= 0.3 is 0 Å². The van der Waals surface area contributed by atoms with Gasteiger partial charge in [-0.05, 0) is 43.3 Å². The smallest absolute Gasteiger partial charge is 0.258 e. The van der Waals surface area contributed by atoms with E-state index < -0.39 is 0 Å². The lowest BCUT2D eigenvalue weighted by molar-refractivity contribution is 0.0988. The van der Waals surface area contributed by atoms with Crippen molar-refractivity contribution >= 4 is 17.3 Å². The summed E-state index contributed by atoms with van der Waals surface area (Å²) in [5, 5.41) is 18.8. The van der Waals surface area contributed by atoms with Gasteiger partial charge in [0.05, 0.1) is 0 Å². The Morgan fingerprint density at radius 3 is 2.50 bits per heavy atom. The van der Waals surface area contributed by atoms with Crippen molar-refractivity contribution in [3.8, 4) is 11.5 Å². The van der Waals surface area contributed by atoms with E-state index in [-0.39, 0.29) is 17.4 Å². The quantitative estimate of drug-likeness (QED) is 0.591. The van der Waals surface area contributed by atoms with Crippen LogP contribution in [0.4, 0.5) is 11.4 Å². The first-order valence-corrected chi connectivity index (χ1v) is 6.22. The molecule has 0 saturated heterocycles. The Morgan fingerprint density at radius 2 is 1.90 bits per heavy atom. The van der Waals surface area contributed by atoms with E-state index in [0.717, 1.165) is 0 Å². The zero-order valence-electron chi connectivity index (χ0n) is 11.1. The van der Waals surface area contributed by atoms with Gasteiger partial charge in [0.2, 0.25) is 0 Å². The van der Waals surface area contributed by atoms with E-state index in [1.54, 1.807) is 29.2 Å². The number of aromatic hydroxyl groups is 2. The first-order valence-electron chi connectivity index (χ1n) is 6.22. The summed E-state index contributed by atoms with van der Waals surface area (Å²) < 4.78 is 0. The van der Waals surface area contributed by atoms with Crippen LogP contribution in [0, 0.1) is 0 Å². The highest BCUT2D eigenvalue weighted by Gasteiger charge is 2.17. The van der Waals surface area contributed by atoms with Crippen LogP contribution < -0.4 is 10.6 Å². The van der Waals surface area contributed by atoms with E-state index in [0.29, 0.717) is 23.5 Å². The predicted octanol–water partition coefficient (Wildman–Crippen LogP) is 2.35. The molecule has 104 valence electrons. The molecule has 2 aromatic carbocycles. The van der Waals surface area contributed by atoms with Gasteiger partial charge in [0, 0.05) is 23.5 Å². The van der Waals surface area contributed by atoms with Crippen LogP contribution in [-0.4, -0.2) is 22.7 Å². The fourth-order valence-electron chi connectivity index (χ4n) is 1.95. The van der Waals surface area contributed by atoms with Crippen LogP contribution in [0.2, 0.25) is 0 Å². The highest BCUT2D eigenvalue weighted by atomic mass is 16.3. The number of carbonyl (C=O) groups is 1. The van der Waals surface area contributed by atoms with Gasteiger partial charge < -0.3 is 20.8 Å². The standard InChI is InChI=1S/C15H16N2O3/c1-2-17(12-5-3-4-11(16)9-12)15(20)10-6-7-13(18)14(19)8-10/h3-9,18-19H,2,16H2,1H3. The highest BCUT2D eigenvalue weighted by Crippen LogP contribution is 2.27. The Kier molecular flexibility index (Phi) is 3.79.